The van der Waals surface area contributed by atoms with Crippen molar-refractivity contribution in [1.82, 2.24) is 5.32 Å². The maximum absolute atomic E-state index is 10.4. The summed E-state index contributed by atoms with van der Waals surface area (Å²) in [5.74, 6) is 0.465. The highest BCUT2D eigenvalue weighted by atomic mass is 16.1. The fourth-order valence-corrected chi connectivity index (χ4v) is 2.42. The molecule has 1 heterocycles. The molecule has 1 aliphatic heterocycles. The molecule has 2 rings (SSSR count). The van der Waals surface area contributed by atoms with Crippen molar-refractivity contribution in [2.45, 2.75) is 25.7 Å². The highest BCUT2D eigenvalue weighted by molar-refractivity contribution is 5.50. The van der Waals surface area contributed by atoms with Crippen LogP contribution in [-0.4, -0.2) is 32.5 Å². The number of aldehydes is 1. The molecule has 3 heteroatoms. The standard InChI is InChI=1S/C15H22N2O/c1-13(3-2-12-18)14-4-6-15(7-5-14)17-10-8-16-9-11-17/h4-7,12-13,16H,2-3,8-11H2,1H3. The molecule has 3 nitrogen and oxygen atoms in total. The molecule has 0 spiro atoms. The first-order valence-electron chi connectivity index (χ1n) is 6.80. The SMILES string of the molecule is CC(CCC=O)c1ccc(N2CCNCC2)cc1. The van der Waals surface area contributed by atoms with Crippen molar-refractivity contribution in [3.8, 4) is 0 Å². The van der Waals surface area contributed by atoms with Gasteiger partial charge in [-0.15, -0.1) is 0 Å². The Morgan fingerprint density at radius 1 is 1.28 bits per heavy atom. The van der Waals surface area contributed by atoms with Crippen LogP contribution in [0, 0.1) is 0 Å². The lowest BCUT2D eigenvalue weighted by Gasteiger charge is -2.29. The van der Waals surface area contributed by atoms with Crippen LogP contribution in [0.5, 0.6) is 0 Å². The van der Waals surface area contributed by atoms with E-state index in [0.717, 1.165) is 38.9 Å². The normalized spacial score (nSPS) is 17.5. The number of benzene rings is 1. The summed E-state index contributed by atoms with van der Waals surface area (Å²) in [6.07, 6.45) is 2.60. The minimum absolute atomic E-state index is 0.465. The van der Waals surface area contributed by atoms with E-state index in [9.17, 15) is 4.79 Å². The summed E-state index contributed by atoms with van der Waals surface area (Å²) in [6.45, 7) is 6.48. The quantitative estimate of drug-likeness (QED) is 0.808. The van der Waals surface area contributed by atoms with E-state index in [1.807, 2.05) is 0 Å². The van der Waals surface area contributed by atoms with E-state index in [-0.39, 0.29) is 0 Å². The first-order valence-corrected chi connectivity index (χ1v) is 6.80. The van der Waals surface area contributed by atoms with E-state index < -0.39 is 0 Å². The van der Waals surface area contributed by atoms with E-state index in [1.54, 1.807) is 0 Å². The summed E-state index contributed by atoms with van der Waals surface area (Å²) in [4.78, 5) is 12.8. The highest BCUT2D eigenvalue weighted by Gasteiger charge is 2.11. The maximum Gasteiger partial charge on any atom is 0.120 e. The van der Waals surface area contributed by atoms with Crippen molar-refractivity contribution >= 4 is 12.0 Å². The molecule has 1 aliphatic rings. The third-order valence-corrected chi connectivity index (χ3v) is 3.66. The summed E-state index contributed by atoms with van der Waals surface area (Å²) in [5.41, 5.74) is 2.64. The van der Waals surface area contributed by atoms with Crippen LogP contribution in [0.4, 0.5) is 5.69 Å². The van der Waals surface area contributed by atoms with Crippen molar-refractivity contribution in [1.29, 1.82) is 0 Å². The lowest BCUT2D eigenvalue weighted by molar-refractivity contribution is -0.108. The molecule has 98 valence electrons. The van der Waals surface area contributed by atoms with Gasteiger partial charge in [0.25, 0.3) is 0 Å². The molecule has 0 aliphatic carbocycles. The number of hydrogen-bond donors (Lipinski definition) is 1. The van der Waals surface area contributed by atoms with Crippen molar-refractivity contribution in [2.24, 2.45) is 0 Å². The van der Waals surface area contributed by atoms with Crippen LogP contribution in [-0.2, 0) is 4.79 Å². The Hall–Kier alpha value is -1.35. The first-order chi connectivity index (χ1) is 8.81. The molecule has 1 atom stereocenters. The first kappa shape index (κ1) is 13.1. The Bertz CT molecular complexity index is 369. The highest BCUT2D eigenvalue weighted by Crippen LogP contribution is 2.23. The predicted molar refractivity (Wildman–Crippen MR) is 75.2 cm³/mol. The fraction of sp³-hybridized carbons (Fsp3) is 0.533. The molecule has 0 aromatic heterocycles. The van der Waals surface area contributed by atoms with Crippen LogP contribution < -0.4 is 10.2 Å². The fourth-order valence-electron chi connectivity index (χ4n) is 2.42. The number of carbonyl (C=O) groups excluding carboxylic acids is 1. The topological polar surface area (TPSA) is 32.3 Å². The van der Waals surface area contributed by atoms with E-state index in [4.69, 9.17) is 0 Å². The number of hydrogen-bond acceptors (Lipinski definition) is 3. The molecule has 1 N–H and O–H groups in total. The average molecular weight is 246 g/mol. The largest absolute Gasteiger partial charge is 0.369 e. The Morgan fingerprint density at radius 2 is 1.94 bits per heavy atom. The third-order valence-electron chi connectivity index (χ3n) is 3.66. The van der Waals surface area contributed by atoms with Gasteiger partial charge in [-0.2, -0.15) is 0 Å². The zero-order valence-corrected chi connectivity index (χ0v) is 11.1. The summed E-state index contributed by atoms with van der Waals surface area (Å²) < 4.78 is 0. The van der Waals surface area contributed by atoms with Crippen molar-refractivity contribution < 1.29 is 4.79 Å². The molecule has 1 saturated heterocycles. The second kappa shape index (κ2) is 6.55. The summed E-state index contributed by atoms with van der Waals surface area (Å²) in [6, 6.07) is 8.82. The van der Waals surface area contributed by atoms with Crippen LogP contribution in [0.25, 0.3) is 0 Å². The second-order valence-corrected chi connectivity index (χ2v) is 4.97. The van der Waals surface area contributed by atoms with Gasteiger partial charge in [0.05, 0.1) is 0 Å². The zero-order valence-electron chi connectivity index (χ0n) is 11.1. The number of carbonyl (C=O) groups is 1. The Labute approximate surface area is 109 Å². The van der Waals surface area contributed by atoms with Gasteiger partial charge in [0, 0.05) is 38.3 Å². The van der Waals surface area contributed by atoms with Crippen molar-refractivity contribution in [3.63, 3.8) is 0 Å². The Kier molecular flexibility index (Phi) is 4.76. The second-order valence-electron chi connectivity index (χ2n) is 4.97. The molecule has 0 saturated carbocycles. The van der Waals surface area contributed by atoms with Gasteiger partial charge >= 0.3 is 0 Å². The molecule has 1 unspecified atom stereocenters. The summed E-state index contributed by atoms with van der Waals surface area (Å²) in [5, 5.41) is 3.36. The number of rotatable bonds is 5. The van der Waals surface area contributed by atoms with Gasteiger partial charge in [0.2, 0.25) is 0 Å². The van der Waals surface area contributed by atoms with Crippen LogP contribution >= 0.6 is 0 Å². The predicted octanol–water partition coefficient (Wildman–Crippen LogP) is 2.18. The van der Waals surface area contributed by atoms with Gasteiger partial charge < -0.3 is 15.0 Å². The third kappa shape index (κ3) is 3.33. The average Bonchev–Trinajstić information content (AvgIpc) is 2.46. The van der Waals surface area contributed by atoms with Gasteiger partial charge in [-0.1, -0.05) is 19.1 Å². The van der Waals surface area contributed by atoms with E-state index in [1.165, 1.54) is 11.3 Å². The van der Waals surface area contributed by atoms with Crippen LogP contribution in [0.1, 0.15) is 31.2 Å². The number of nitrogens with zero attached hydrogens (tertiary/aromatic N) is 1. The molecule has 0 bridgehead atoms. The van der Waals surface area contributed by atoms with Crippen molar-refractivity contribution in [3.05, 3.63) is 29.8 Å². The van der Waals surface area contributed by atoms with Gasteiger partial charge in [-0.3, -0.25) is 0 Å². The van der Waals surface area contributed by atoms with Crippen molar-refractivity contribution in [2.75, 3.05) is 31.1 Å². The lowest BCUT2D eigenvalue weighted by atomic mass is 9.96. The smallest absolute Gasteiger partial charge is 0.120 e. The molecule has 0 amide bonds. The Balaban J connectivity index is 1.97. The van der Waals surface area contributed by atoms with Crippen LogP contribution in [0.15, 0.2) is 24.3 Å². The van der Waals surface area contributed by atoms with E-state index in [0.29, 0.717) is 12.3 Å². The molecule has 0 radical (unpaired) electrons. The molecule has 18 heavy (non-hydrogen) atoms. The van der Waals surface area contributed by atoms with Gasteiger partial charge in [-0.25, -0.2) is 0 Å². The van der Waals surface area contributed by atoms with Crippen LogP contribution in [0.2, 0.25) is 0 Å². The maximum atomic E-state index is 10.4. The van der Waals surface area contributed by atoms with Gasteiger partial charge in [0.15, 0.2) is 0 Å². The summed E-state index contributed by atoms with van der Waals surface area (Å²) >= 11 is 0. The van der Waals surface area contributed by atoms with E-state index >= 15 is 0 Å². The minimum Gasteiger partial charge on any atom is -0.369 e. The minimum atomic E-state index is 0.465. The van der Waals surface area contributed by atoms with E-state index in [2.05, 4.69) is 41.4 Å². The number of anilines is 1. The molecular weight excluding hydrogens is 224 g/mol. The van der Waals surface area contributed by atoms with Gasteiger partial charge in [-0.05, 0) is 30.0 Å². The van der Waals surface area contributed by atoms with Gasteiger partial charge in [0.1, 0.15) is 6.29 Å². The molecule has 1 fully saturated rings. The summed E-state index contributed by atoms with van der Waals surface area (Å²) in [7, 11) is 0. The molecular formula is C15H22N2O. The lowest BCUT2D eigenvalue weighted by Crippen LogP contribution is -2.43. The molecule has 1 aromatic carbocycles. The monoisotopic (exact) mass is 246 g/mol. The zero-order chi connectivity index (χ0) is 12.8. The Morgan fingerprint density at radius 3 is 2.56 bits per heavy atom. The van der Waals surface area contributed by atoms with Crippen LogP contribution in [0.3, 0.4) is 0 Å². The number of piperazine rings is 1. The number of nitrogens with one attached hydrogen (secondary N) is 1. The molecule has 1 aromatic rings.